The number of allylic oxidation sites excluding steroid dienone is 1. The Bertz CT molecular complexity index is 994. The average Bonchev–Trinajstić information content (AvgIpc) is 2.55. The SMILES string of the molecule is C[N+](C)(C)c1cccc(N=C2C=C(N)c3c(O)c(Br)cc(N)c3C2=O)c1.[Cl-]. The molecule has 0 saturated heterocycles. The van der Waals surface area contributed by atoms with Crippen LogP contribution in [0, 0.1) is 0 Å². The molecule has 0 fully saturated rings. The third-order valence-corrected chi connectivity index (χ3v) is 4.78. The lowest BCUT2D eigenvalue weighted by Crippen LogP contribution is -3.00. The number of rotatable bonds is 2. The summed E-state index contributed by atoms with van der Waals surface area (Å²) in [7, 11) is 6.15. The molecule has 0 spiro atoms. The van der Waals surface area contributed by atoms with Crippen molar-refractivity contribution in [2.45, 2.75) is 0 Å². The molecular formula is C19H20BrClN4O2. The fourth-order valence-electron chi connectivity index (χ4n) is 2.80. The molecule has 2 aromatic carbocycles. The van der Waals surface area contributed by atoms with Crippen molar-refractivity contribution >= 4 is 50.2 Å². The molecule has 6 nitrogen and oxygen atoms in total. The first-order valence-electron chi connectivity index (χ1n) is 7.93. The van der Waals surface area contributed by atoms with E-state index in [4.69, 9.17) is 11.5 Å². The smallest absolute Gasteiger partial charge is 0.214 e. The van der Waals surface area contributed by atoms with Crippen molar-refractivity contribution < 1.29 is 22.3 Å². The molecule has 0 amide bonds. The number of nitrogens with zero attached hydrogens (tertiary/aromatic N) is 2. The first kappa shape index (κ1) is 21.0. The monoisotopic (exact) mass is 450 g/mol. The molecule has 142 valence electrons. The Morgan fingerprint density at radius 1 is 1.11 bits per heavy atom. The number of phenols is 1. The molecule has 0 aliphatic heterocycles. The zero-order valence-corrected chi connectivity index (χ0v) is 17.5. The van der Waals surface area contributed by atoms with E-state index in [2.05, 4.69) is 20.9 Å². The van der Waals surface area contributed by atoms with Gasteiger partial charge in [0.05, 0.1) is 42.4 Å². The molecule has 0 aromatic heterocycles. The van der Waals surface area contributed by atoms with Crippen molar-refractivity contribution in [3.63, 3.8) is 0 Å². The van der Waals surface area contributed by atoms with Gasteiger partial charge in [0.2, 0.25) is 5.78 Å². The minimum atomic E-state index is -0.370. The average molecular weight is 452 g/mol. The summed E-state index contributed by atoms with van der Waals surface area (Å²) in [6.45, 7) is 0. The lowest BCUT2D eigenvalue weighted by molar-refractivity contribution is -0.0000134. The van der Waals surface area contributed by atoms with Crippen molar-refractivity contribution in [1.82, 2.24) is 4.48 Å². The maximum Gasteiger partial charge on any atom is 0.214 e. The normalized spacial score (nSPS) is 15.2. The fourth-order valence-corrected chi connectivity index (χ4v) is 3.24. The second-order valence-corrected chi connectivity index (χ2v) is 7.86. The summed E-state index contributed by atoms with van der Waals surface area (Å²) in [5, 5.41) is 10.2. The maximum absolute atomic E-state index is 12.9. The number of phenolic OH excluding ortho intramolecular Hbond substituents is 1. The van der Waals surface area contributed by atoms with Crippen molar-refractivity contribution in [2.24, 2.45) is 10.7 Å². The first-order chi connectivity index (χ1) is 12.1. The molecule has 0 radical (unpaired) electrons. The second kappa shape index (κ2) is 7.34. The third kappa shape index (κ3) is 3.85. The van der Waals surface area contributed by atoms with Gasteiger partial charge in [-0.2, -0.15) is 0 Å². The van der Waals surface area contributed by atoms with Crippen LogP contribution >= 0.6 is 15.9 Å². The third-order valence-electron chi connectivity index (χ3n) is 4.18. The van der Waals surface area contributed by atoms with E-state index in [1.807, 2.05) is 45.4 Å². The van der Waals surface area contributed by atoms with E-state index < -0.39 is 0 Å². The molecule has 1 aliphatic rings. The van der Waals surface area contributed by atoms with Gasteiger partial charge in [0.1, 0.15) is 17.1 Å². The molecular weight excluding hydrogens is 432 g/mol. The number of hydrogen-bond acceptors (Lipinski definition) is 5. The van der Waals surface area contributed by atoms with Crippen molar-refractivity contribution in [3.05, 3.63) is 52.0 Å². The van der Waals surface area contributed by atoms with Gasteiger partial charge in [-0.25, -0.2) is 4.99 Å². The Morgan fingerprint density at radius 3 is 2.41 bits per heavy atom. The van der Waals surface area contributed by atoms with Gasteiger partial charge in [-0.15, -0.1) is 0 Å². The number of Topliss-reactive ketones (excluding diaryl/α,β-unsaturated/α-hetero) is 1. The minimum absolute atomic E-state index is 0. The molecule has 3 rings (SSSR count). The van der Waals surface area contributed by atoms with Crippen LogP contribution in [0.1, 0.15) is 15.9 Å². The number of hydrogen-bond donors (Lipinski definition) is 3. The quantitative estimate of drug-likeness (QED) is 0.345. The van der Waals surface area contributed by atoms with E-state index >= 15 is 0 Å². The van der Waals surface area contributed by atoms with Gasteiger partial charge in [-0.1, -0.05) is 6.07 Å². The van der Waals surface area contributed by atoms with Crippen LogP contribution in [0.25, 0.3) is 5.70 Å². The number of ketones is 1. The Labute approximate surface area is 172 Å². The van der Waals surface area contributed by atoms with E-state index in [9.17, 15) is 9.90 Å². The van der Waals surface area contributed by atoms with E-state index in [0.717, 1.165) is 5.69 Å². The van der Waals surface area contributed by atoms with Gasteiger partial charge in [-0.05, 0) is 40.2 Å². The van der Waals surface area contributed by atoms with E-state index in [0.29, 0.717) is 14.6 Å². The highest BCUT2D eigenvalue weighted by Gasteiger charge is 2.29. The number of nitrogens with two attached hydrogens (primary N) is 2. The summed E-state index contributed by atoms with van der Waals surface area (Å²) in [6.07, 6.45) is 1.47. The Balaban J connectivity index is 0.00000261. The molecule has 2 aromatic rings. The van der Waals surface area contributed by atoms with Crippen LogP contribution < -0.4 is 28.4 Å². The van der Waals surface area contributed by atoms with Gasteiger partial charge in [0.15, 0.2) is 0 Å². The number of anilines is 1. The lowest BCUT2D eigenvalue weighted by Gasteiger charge is -2.23. The summed E-state index contributed by atoms with van der Waals surface area (Å²) in [5.74, 6) is -0.479. The number of carbonyl (C=O) groups excluding carboxylic acids is 1. The summed E-state index contributed by atoms with van der Waals surface area (Å²) in [4.78, 5) is 17.4. The maximum atomic E-state index is 12.9. The van der Waals surface area contributed by atoms with Crippen molar-refractivity contribution in [2.75, 3.05) is 26.9 Å². The van der Waals surface area contributed by atoms with E-state index in [-0.39, 0.29) is 52.2 Å². The Morgan fingerprint density at radius 2 is 1.78 bits per heavy atom. The Hall–Kier alpha value is -2.35. The number of nitrogen functional groups attached to an aromatic ring is 1. The number of quaternary nitrogens is 1. The number of halogens is 2. The summed E-state index contributed by atoms with van der Waals surface area (Å²) >= 11 is 3.21. The predicted octanol–water partition coefficient (Wildman–Crippen LogP) is 0.206. The molecule has 0 heterocycles. The van der Waals surface area contributed by atoms with Gasteiger partial charge in [0, 0.05) is 17.5 Å². The predicted molar refractivity (Wildman–Crippen MR) is 110 cm³/mol. The zero-order valence-electron chi connectivity index (χ0n) is 15.1. The van der Waals surface area contributed by atoms with Gasteiger partial charge >= 0.3 is 0 Å². The van der Waals surface area contributed by atoms with Crippen LogP contribution in [0.4, 0.5) is 17.1 Å². The zero-order chi connectivity index (χ0) is 19.2. The van der Waals surface area contributed by atoms with Crippen LogP contribution in [0.15, 0.2) is 45.9 Å². The minimum Gasteiger partial charge on any atom is -1.00 e. The van der Waals surface area contributed by atoms with Crippen molar-refractivity contribution in [1.29, 1.82) is 0 Å². The van der Waals surface area contributed by atoms with Crippen molar-refractivity contribution in [3.8, 4) is 5.75 Å². The van der Waals surface area contributed by atoms with Crippen LogP contribution in [0.3, 0.4) is 0 Å². The molecule has 0 unspecified atom stereocenters. The summed E-state index contributed by atoms with van der Waals surface area (Å²) < 4.78 is 1.01. The van der Waals surface area contributed by atoms with Crippen LogP contribution in [-0.2, 0) is 0 Å². The fraction of sp³-hybridized carbons (Fsp3) is 0.158. The standard InChI is InChI=1S/C19H19BrN4O2.ClH/c1-24(2,3)11-6-4-5-10(7-11)23-15-9-14(22)16-17(19(15)26)13(21)8-12(20)18(16)25;/h4-9H,1-3H3,(H4-,21,22,23,25,26);1H. The van der Waals surface area contributed by atoms with Gasteiger partial charge in [0.25, 0.3) is 0 Å². The molecule has 0 bridgehead atoms. The van der Waals surface area contributed by atoms with Gasteiger partial charge in [-0.3, -0.25) is 9.28 Å². The number of fused-ring (bicyclic) bond motifs is 1. The number of benzene rings is 2. The van der Waals surface area contributed by atoms with E-state index in [1.54, 1.807) is 0 Å². The van der Waals surface area contributed by atoms with Crippen LogP contribution in [0.5, 0.6) is 5.75 Å². The van der Waals surface area contributed by atoms with Crippen LogP contribution in [0.2, 0.25) is 0 Å². The molecule has 8 heteroatoms. The topological polar surface area (TPSA) is 102 Å². The molecule has 5 N–H and O–H groups in total. The molecule has 0 atom stereocenters. The first-order valence-corrected chi connectivity index (χ1v) is 8.73. The highest BCUT2D eigenvalue weighted by atomic mass is 79.9. The van der Waals surface area contributed by atoms with Crippen LogP contribution in [-0.4, -0.2) is 37.7 Å². The number of aromatic hydroxyl groups is 1. The highest BCUT2D eigenvalue weighted by molar-refractivity contribution is 9.10. The number of carbonyl (C=O) groups is 1. The summed E-state index contributed by atoms with van der Waals surface area (Å²) in [5.41, 5.74) is 14.8. The second-order valence-electron chi connectivity index (χ2n) is 7.00. The molecule has 0 saturated carbocycles. The number of aliphatic imine (C=N–C) groups is 1. The molecule has 1 aliphatic carbocycles. The van der Waals surface area contributed by atoms with E-state index in [1.165, 1.54) is 12.1 Å². The Kier molecular flexibility index (Phi) is 5.70. The molecule has 27 heavy (non-hydrogen) atoms. The largest absolute Gasteiger partial charge is 1.00 e. The van der Waals surface area contributed by atoms with Gasteiger partial charge < -0.3 is 29.0 Å². The lowest BCUT2D eigenvalue weighted by atomic mass is 9.90. The summed E-state index contributed by atoms with van der Waals surface area (Å²) in [6, 6.07) is 9.12. The highest BCUT2D eigenvalue weighted by Crippen LogP contribution is 2.40.